The predicted octanol–water partition coefficient (Wildman–Crippen LogP) is 3.97. The van der Waals surface area contributed by atoms with Crippen molar-refractivity contribution in [3.63, 3.8) is 0 Å². The lowest BCUT2D eigenvalue weighted by Gasteiger charge is -2.12. The minimum absolute atomic E-state index is 0.0637. The van der Waals surface area contributed by atoms with Gasteiger partial charge in [-0.05, 0) is 36.4 Å². The zero-order chi connectivity index (χ0) is 24.4. The zero-order valence-electron chi connectivity index (χ0n) is 17.0. The van der Waals surface area contributed by atoms with Gasteiger partial charge in [-0.25, -0.2) is 4.39 Å². The fourth-order valence-corrected chi connectivity index (χ4v) is 2.42. The Morgan fingerprint density at radius 3 is 2.15 bits per heavy atom. The summed E-state index contributed by atoms with van der Waals surface area (Å²) in [6.45, 7) is 3.05. The molecule has 0 saturated carbocycles. The molecular weight excluding hydrogens is 472 g/mol. The Kier molecular flexibility index (Phi) is 9.34. The quantitative estimate of drug-likeness (QED) is 0.466. The number of amides is 2. The van der Waals surface area contributed by atoms with Gasteiger partial charge in [0.1, 0.15) is 23.1 Å². The number of alkyl halides is 3. The largest absolute Gasteiger partial charge is 0.573 e. The van der Waals surface area contributed by atoms with E-state index in [4.69, 9.17) is 21.1 Å². The summed E-state index contributed by atoms with van der Waals surface area (Å²) in [5.41, 5.74) is 0.304. The SMILES string of the molecule is C=C(CCNC(=O)COc1ccc(Cl)c(F)c1)NC(=O)COc1ccc(OC(F)(F)F)cc1. The molecule has 2 N–H and O–H groups in total. The maximum atomic E-state index is 13.3. The lowest BCUT2D eigenvalue weighted by atomic mass is 10.3. The topological polar surface area (TPSA) is 85.9 Å². The van der Waals surface area contributed by atoms with Crippen molar-refractivity contribution in [2.45, 2.75) is 12.8 Å². The van der Waals surface area contributed by atoms with Gasteiger partial charge in [0, 0.05) is 24.7 Å². The molecule has 0 spiro atoms. The lowest BCUT2D eigenvalue weighted by molar-refractivity contribution is -0.274. The van der Waals surface area contributed by atoms with Crippen LogP contribution in [0.5, 0.6) is 17.2 Å². The molecule has 0 aliphatic heterocycles. The van der Waals surface area contributed by atoms with Crippen LogP contribution >= 0.6 is 11.6 Å². The van der Waals surface area contributed by atoms with Gasteiger partial charge in [-0.15, -0.1) is 13.2 Å². The summed E-state index contributed by atoms with van der Waals surface area (Å²) in [6, 6.07) is 8.32. The number of carbonyl (C=O) groups excluding carboxylic acids is 2. The van der Waals surface area contributed by atoms with Crippen LogP contribution in [0.15, 0.2) is 54.7 Å². The van der Waals surface area contributed by atoms with Crippen molar-refractivity contribution >= 4 is 23.4 Å². The highest BCUT2D eigenvalue weighted by Gasteiger charge is 2.31. The number of halogens is 5. The Hall–Kier alpha value is -3.47. The minimum Gasteiger partial charge on any atom is -0.484 e. The number of benzene rings is 2. The van der Waals surface area contributed by atoms with Gasteiger partial charge in [-0.1, -0.05) is 18.2 Å². The molecule has 2 amide bonds. The highest BCUT2D eigenvalue weighted by atomic mass is 35.5. The molecule has 7 nitrogen and oxygen atoms in total. The van der Waals surface area contributed by atoms with Crippen LogP contribution in [0.2, 0.25) is 5.02 Å². The first-order valence-corrected chi connectivity index (χ1v) is 9.70. The van der Waals surface area contributed by atoms with Crippen molar-refractivity contribution in [1.29, 1.82) is 0 Å². The molecule has 0 aliphatic carbocycles. The fourth-order valence-electron chi connectivity index (χ4n) is 2.30. The van der Waals surface area contributed by atoms with E-state index in [1.165, 1.54) is 24.3 Å². The van der Waals surface area contributed by atoms with Gasteiger partial charge in [-0.3, -0.25) is 9.59 Å². The molecule has 0 unspecified atom stereocenters. The molecular formula is C21H19ClF4N2O5. The zero-order valence-corrected chi connectivity index (χ0v) is 17.8. The first kappa shape index (κ1) is 25.8. The number of nitrogens with one attached hydrogen (secondary N) is 2. The lowest BCUT2D eigenvalue weighted by Crippen LogP contribution is -2.32. The van der Waals surface area contributed by atoms with E-state index in [-0.39, 0.29) is 36.1 Å². The highest BCUT2D eigenvalue weighted by Crippen LogP contribution is 2.24. The van der Waals surface area contributed by atoms with Crippen LogP contribution in [0.4, 0.5) is 17.6 Å². The van der Waals surface area contributed by atoms with Crippen LogP contribution in [-0.4, -0.2) is 37.9 Å². The summed E-state index contributed by atoms with van der Waals surface area (Å²) >= 11 is 5.56. The van der Waals surface area contributed by atoms with Crippen molar-refractivity contribution in [3.05, 3.63) is 65.6 Å². The summed E-state index contributed by atoms with van der Waals surface area (Å²) in [4.78, 5) is 23.6. The molecule has 2 aromatic carbocycles. The monoisotopic (exact) mass is 490 g/mol. The third-order valence-electron chi connectivity index (χ3n) is 3.75. The Bertz CT molecular complexity index is 984. The van der Waals surface area contributed by atoms with E-state index in [0.29, 0.717) is 5.70 Å². The van der Waals surface area contributed by atoms with Gasteiger partial charge < -0.3 is 24.8 Å². The predicted molar refractivity (Wildman–Crippen MR) is 110 cm³/mol. The van der Waals surface area contributed by atoms with E-state index >= 15 is 0 Å². The summed E-state index contributed by atoms with van der Waals surface area (Å²) in [7, 11) is 0. The van der Waals surface area contributed by atoms with Crippen LogP contribution < -0.4 is 24.8 Å². The Labute approximate surface area is 191 Å². The van der Waals surface area contributed by atoms with E-state index in [1.54, 1.807) is 0 Å². The molecule has 178 valence electrons. The first-order chi connectivity index (χ1) is 15.5. The van der Waals surface area contributed by atoms with E-state index in [9.17, 15) is 27.2 Å². The number of carbonyl (C=O) groups is 2. The number of rotatable bonds is 11. The molecule has 2 aromatic rings. The molecule has 0 saturated heterocycles. The second-order valence-electron chi connectivity index (χ2n) is 6.42. The summed E-state index contributed by atoms with van der Waals surface area (Å²) in [5.74, 6) is -1.79. The smallest absolute Gasteiger partial charge is 0.484 e. The summed E-state index contributed by atoms with van der Waals surface area (Å²) in [5, 5.41) is 4.95. The molecule has 12 heteroatoms. The number of hydrogen-bond donors (Lipinski definition) is 2. The molecule has 0 aromatic heterocycles. The Balaban J connectivity index is 1.62. The van der Waals surface area contributed by atoms with Gasteiger partial charge in [0.2, 0.25) is 0 Å². The molecule has 0 fully saturated rings. The van der Waals surface area contributed by atoms with E-state index < -0.39 is 36.4 Å². The van der Waals surface area contributed by atoms with Gasteiger partial charge in [0.05, 0.1) is 5.02 Å². The first-order valence-electron chi connectivity index (χ1n) is 9.32. The Morgan fingerprint density at radius 2 is 1.52 bits per heavy atom. The van der Waals surface area contributed by atoms with Gasteiger partial charge in [0.15, 0.2) is 13.2 Å². The molecule has 2 rings (SSSR count). The van der Waals surface area contributed by atoms with E-state index in [1.807, 2.05) is 0 Å². The maximum Gasteiger partial charge on any atom is 0.573 e. The minimum atomic E-state index is -4.80. The normalized spacial score (nSPS) is 10.8. The van der Waals surface area contributed by atoms with Gasteiger partial charge in [-0.2, -0.15) is 0 Å². The average Bonchev–Trinajstić information content (AvgIpc) is 2.73. The molecule has 0 aliphatic rings. The van der Waals surface area contributed by atoms with E-state index in [2.05, 4.69) is 21.9 Å². The number of hydrogen-bond acceptors (Lipinski definition) is 5. The third kappa shape index (κ3) is 10.1. The van der Waals surface area contributed by atoms with Gasteiger partial charge >= 0.3 is 6.36 Å². The highest BCUT2D eigenvalue weighted by molar-refractivity contribution is 6.30. The summed E-state index contributed by atoms with van der Waals surface area (Å²) in [6.07, 6.45) is -4.58. The number of ether oxygens (including phenoxy) is 3. The molecule has 0 bridgehead atoms. The van der Waals surface area contributed by atoms with Crippen LogP contribution in [-0.2, 0) is 9.59 Å². The molecule has 0 radical (unpaired) electrons. The van der Waals surface area contributed by atoms with Crippen molar-refractivity contribution < 1.29 is 41.4 Å². The second kappa shape index (κ2) is 12.0. The fraction of sp³-hybridized carbons (Fsp3) is 0.238. The van der Waals surface area contributed by atoms with Crippen LogP contribution in [0.1, 0.15) is 6.42 Å². The summed E-state index contributed by atoms with van der Waals surface area (Å²) < 4.78 is 63.7. The van der Waals surface area contributed by atoms with Crippen molar-refractivity contribution in [2.24, 2.45) is 0 Å². The van der Waals surface area contributed by atoms with Crippen LogP contribution in [0.25, 0.3) is 0 Å². The average molecular weight is 491 g/mol. The molecule has 0 atom stereocenters. The third-order valence-corrected chi connectivity index (χ3v) is 4.06. The molecule has 33 heavy (non-hydrogen) atoms. The standard InChI is InChI=1S/C21H19ClF4N2O5/c1-13(8-9-27-19(29)11-32-16-6-7-17(22)18(23)10-16)28-20(30)12-31-14-2-4-15(5-3-14)33-21(24,25)26/h2-7,10H,1,8-9,11-12H2,(H,27,29)(H,28,30). The second-order valence-corrected chi connectivity index (χ2v) is 6.83. The van der Waals surface area contributed by atoms with Crippen LogP contribution in [0.3, 0.4) is 0 Å². The van der Waals surface area contributed by atoms with Crippen LogP contribution in [0, 0.1) is 5.82 Å². The van der Waals surface area contributed by atoms with Crippen molar-refractivity contribution in [1.82, 2.24) is 10.6 Å². The maximum absolute atomic E-state index is 13.3. The molecule has 0 heterocycles. The van der Waals surface area contributed by atoms with Crippen molar-refractivity contribution in [2.75, 3.05) is 19.8 Å². The van der Waals surface area contributed by atoms with E-state index in [0.717, 1.165) is 18.2 Å². The van der Waals surface area contributed by atoms with Crippen molar-refractivity contribution in [3.8, 4) is 17.2 Å². The Morgan fingerprint density at radius 1 is 0.939 bits per heavy atom. The van der Waals surface area contributed by atoms with Gasteiger partial charge in [0.25, 0.3) is 11.8 Å².